The molecule has 0 saturated heterocycles. The molecule has 0 aliphatic rings. The lowest BCUT2D eigenvalue weighted by Gasteiger charge is -2.13. The number of hydrogen-bond donors (Lipinski definition) is 4. The predicted octanol–water partition coefficient (Wildman–Crippen LogP) is 6.13. The van der Waals surface area contributed by atoms with Gasteiger partial charge in [0.1, 0.15) is 9.79 Å². The average Bonchev–Trinajstić information content (AvgIpc) is 3.06. The van der Waals surface area contributed by atoms with Crippen LogP contribution in [0.3, 0.4) is 0 Å². The van der Waals surface area contributed by atoms with Crippen LogP contribution in [0.4, 0.5) is 22.7 Å². The summed E-state index contributed by atoms with van der Waals surface area (Å²) in [6, 6.07) is 14.8. The minimum absolute atomic E-state index is 0.245. The maximum absolute atomic E-state index is 12.9. The maximum atomic E-state index is 12.9. The molecular weight excluding hydrogens is 729 g/mol. The Bertz CT molecular complexity index is 2410. The van der Waals surface area contributed by atoms with Crippen molar-refractivity contribution in [2.24, 2.45) is 20.5 Å². The van der Waals surface area contributed by atoms with Gasteiger partial charge in [-0.3, -0.25) is 28.3 Å². The van der Waals surface area contributed by atoms with E-state index in [0.717, 1.165) is 55.3 Å². The van der Waals surface area contributed by atoms with E-state index in [9.17, 15) is 45.1 Å². The van der Waals surface area contributed by atoms with Crippen molar-refractivity contribution in [1.82, 2.24) is 0 Å². The van der Waals surface area contributed by atoms with Gasteiger partial charge < -0.3 is 10.6 Å². The van der Waals surface area contributed by atoms with Gasteiger partial charge in [0.15, 0.2) is 11.6 Å². The summed E-state index contributed by atoms with van der Waals surface area (Å²) in [5.41, 5.74) is 1.95. The summed E-state index contributed by atoms with van der Waals surface area (Å²) in [7, 11) is -10.2. The van der Waals surface area contributed by atoms with E-state index < -0.39 is 76.6 Å². The quantitative estimate of drug-likeness (QED) is 0.0688. The second-order valence-electron chi connectivity index (χ2n) is 11.9. The lowest BCUT2D eigenvalue weighted by Crippen LogP contribution is -2.32. The van der Waals surface area contributed by atoms with Gasteiger partial charge in [-0.25, -0.2) is 0 Å². The Morgan fingerprint density at radius 3 is 1.42 bits per heavy atom. The minimum Gasteiger partial charge on any atom is -0.324 e. The van der Waals surface area contributed by atoms with Crippen molar-refractivity contribution in [2.45, 2.75) is 56.5 Å². The average molecular weight is 763 g/mol. The van der Waals surface area contributed by atoms with E-state index in [-0.39, 0.29) is 11.4 Å². The van der Waals surface area contributed by atoms with Crippen LogP contribution in [-0.4, -0.2) is 61.4 Å². The highest BCUT2D eigenvalue weighted by Crippen LogP contribution is 2.37. The molecule has 0 aromatic heterocycles. The molecule has 4 rings (SSSR count). The molecule has 16 nitrogen and oxygen atoms in total. The first-order valence-corrected chi connectivity index (χ1v) is 18.4. The molecule has 0 bridgehead atoms. The molecule has 2 atom stereocenters. The number of nitrogens with zero attached hydrogens (tertiary/aromatic N) is 4. The lowest BCUT2D eigenvalue weighted by atomic mass is 10.0. The van der Waals surface area contributed by atoms with Gasteiger partial charge in [-0.15, -0.1) is 0 Å². The molecular formula is C35H34N6O10S2. The third kappa shape index (κ3) is 10.2. The second-order valence-corrected chi connectivity index (χ2v) is 14.7. The van der Waals surface area contributed by atoms with E-state index in [0.29, 0.717) is 16.9 Å². The number of nitrogens with one attached hydrogen (secondary N) is 2. The lowest BCUT2D eigenvalue weighted by molar-refractivity contribution is -0.127. The summed E-state index contributed by atoms with van der Waals surface area (Å²) in [5, 5.41) is 20.4. The first kappa shape index (κ1) is 40.0. The number of hydrogen-bond acceptors (Lipinski definition) is 12. The smallest absolute Gasteiger partial charge is 0.295 e. The third-order valence-corrected chi connectivity index (χ3v) is 9.45. The standard InChI is InChI=1S/C35H34N6O10S2/c1-19-10-15-29(21(3)16-19)37-35(45)33(23(5)43)41-39-25-12-14-27(31(18-25)53(49,50)51)26-13-11-24(17-30(26)52(46,47)48)38-40-32(22(4)42)34(44)36-28-9-7-6-8-20(28)2/h6-18,32-33H,1-5H3,(H,36,44)(H,37,45)(H,46,47,48)(H,49,50,51)/t32-,33-/m0/s1. The maximum Gasteiger partial charge on any atom is 0.295 e. The summed E-state index contributed by atoms with van der Waals surface area (Å²) >= 11 is 0. The molecule has 0 fully saturated rings. The number of Topliss-reactive ketones (excluding diaryl/α,β-unsaturated/α-hetero) is 2. The number of benzene rings is 4. The van der Waals surface area contributed by atoms with Crippen LogP contribution in [0.5, 0.6) is 0 Å². The number of ketones is 2. The van der Waals surface area contributed by atoms with Crippen LogP contribution in [0.25, 0.3) is 11.1 Å². The van der Waals surface area contributed by atoms with Gasteiger partial charge in [-0.1, -0.05) is 48.0 Å². The number of anilines is 2. The molecule has 0 saturated carbocycles. The monoisotopic (exact) mass is 762 g/mol. The van der Waals surface area contributed by atoms with E-state index in [4.69, 9.17) is 0 Å². The topological polar surface area (TPSA) is 251 Å². The summed E-state index contributed by atoms with van der Waals surface area (Å²) in [6.45, 7) is 7.58. The van der Waals surface area contributed by atoms with Gasteiger partial charge in [-0.05, 0) is 82.1 Å². The molecule has 276 valence electrons. The molecule has 0 heterocycles. The zero-order valence-corrected chi connectivity index (χ0v) is 30.6. The number of azo groups is 2. The van der Waals surface area contributed by atoms with Crippen LogP contribution in [-0.2, 0) is 39.4 Å². The SMILES string of the molecule is CC(=O)[C@H](N=Nc1ccc(-c2ccc(N=N[C@@H](C(C)=O)C(=O)Nc3ccc(C)cc3C)cc2S(=O)(=O)O)c(S(=O)(=O)O)c1)C(=O)Nc1ccccc1C. The van der Waals surface area contributed by atoms with Crippen molar-refractivity contribution < 1.29 is 45.1 Å². The zero-order valence-electron chi connectivity index (χ0n) is 28.9. The van der Waals surface area contributed by atoms with E-state index in [1.54, 1.807) is 50.2 Å². The molecule has 0 aliphatic carbocycles. The minimum atomic E-state index is -5.11. The van der Waals surface area contributed by atoms with E-state index >= 15 is 0 Å². The highest BCUT2D eigenvalue weighted by molar-refractivity contribution is 7.86. The zero-order chi connectivity index (χ0) is 39.2. The molecule has 18 heteroatoms. The van der Waals surface area contributed by atoms with Gasteiger partial charge in [0.25, 0.3) is 32.1 Å². The van der Waals surface area contributed by atoms with Crippen molar-refractivity contribution in [3.05, 3.63) is 95.6 Å². The van der Waals surface area contributed by atoms with E-state index in [1.807, 2.05) is 13.0 Å². The molecule has 4 aromatic rings. The van der Waals surface area contributed by atoms with Crippen molar-refractivity contribution in [1.29, 1.82) is 0 Å². The van der Waals surface area contributed by atoms with Gasteiger partial charge in [0.2, 0.25) is 12.1 Å². The molecule has 0 spiro atoms. The summed E-state index contributed by atoms with van der Waals surface area (Å²) < 4.78 is 70.3. The Balaban J connectivity index is 1.68. The van der Waals surface area contributed by atoms with Crippen LogP contribution in [0.1, 0.15) is 30.5 Å². The molecule has 4 aromatic carbocycles. The van der Waals surface area contributed by atoms with Crippen LogP contribution in [0.15, 0.2) is 109 Å². The highest BCUT2D eigenvalue weighted by atomic mass is 32.2. The van der Waals surface area contributed by atoms with Crippen LogP contribution < -0.4 is 10.6 Å². The molecule has 53 heavy (non-hydrogen) atoms. The number of amides is 2. The van der Waals surface area contributed by atoms with Gasteiger partial charge >= 0.3 is 0 Å². The van der Waals surface area contributed by atoms with Crippen molar-refractivity contribution >= 4 is 66.4 Å². The van der Waals surface area contributed by atoms with Crippen molar-refractivity contribution in [3.63, 3.8) is 0 Å². The Morgan fingerprint density at radius 2 is 1.02 bits per heavy atom. The number of carbonyl (C=O) groups excluding carboxylic acids is 4. The van der Waals surface area contributed by atoms with Gasteiger partial charge in [0, 0.05) is 22.5 Å². The number of para-hydroxylation sites is 1. The van der Waals surface area contributed by atoms with Gasteiger partial charge in [-0.2, -0.15) is 37.3 Å². The van der Waals surface area contributed by atoms with Crippen molar-refractivity contribution in [2.75, 3.05) is 10.6 Å². The summed E-state index contributed by atoms with van der Waals surface area (Å²) in [6.07, 6.45) is 0. The van der Waals surface area contributed by atoms with Crippen LogP contribution in [0.2, 0.25) is 0 Å². The number of aryl methyl sites for hydroxylation is 3. The summed E-state index contributed by atoms with van der Waals surface area (Å²) in [4.78, 5) is 48.6. The molecule has 0 unspecified atom stereocenters. The highest BCUT2D eigenvalue weighted by Gasteiger charge is 2.27. The van der Waals surface area contributed by atoms with Gasteiger partial charge in [0.05, 0.1) is 11.4 Å². The number of rotatable bonds is 13. The summed E-state index contributed by atoms with van der Waals surface area (Å²) in [5.74, 6) is -2.98. The molecule has 4 N–H and O–H groups in total. The molecule has 0 aliphatic heterocycles. The van der Waals surface area contributed by atoms with Crippen LogP contribution >= 0.6 is 0 Å². The first-order chi connectivity index (χ1) is 24.8. The number of carbonyl (C=O) groups is 4. The second kappa shape index (κ2) is 16.2. The fourth-order valence-corrected chi connectivity index (χ4v) is 6.42. The largest absolute Gasteiger partial charge is 0.324 e. The Kier molecular flexibility index (Phi) is 12.2. The predicted molar refractivity (Wildman–Crippen MR) is 194 cm³/mol. The Labute approximate surface area is 305 Å². The normalized spacial score (nSPS) is 13.1. The molecule has 0 radical (unpaired) electrons. The fourth-order valence-electron chi connectivity index (χ4n) is 4.97. The third-order valence-electron chi connectivity index (χ3n) is 7.66. The van der Waals surface area contributed by atoms with Crippen molar-refractivity contribution in [3.8, 4) is 11.1 Å². The van der Waals surface area contributed by atoms with E-state index in [2.05, 4.69) is 31.1 Å². The molecule has 2 amide bonds. The fraction of sp³-hybridized carbons (Fsp3) is 0.200. The Hall–Kier alpha value is -5.82. The van der Waals surface area contributed by atoms with Crippen LogP contribution in [0, 0.1) is 20.8 Å². The first-order valence-electron chi connectivity index (χ1n) is 15.6. The Morgan fingerprint density at radius 1 is 0.585 bits per heavy atom. The van der Waals surface area contributed by atoms with E-state index in [1.165, 1.54) is 6.07 Å².